The van der Waals surface area contributed by atoms with E-state index < -0.39 is 17.4 Å². The number of rotatable bonds is 3. The highest BCUT2D eigenvalue weighted by Crippen LogP contribution is 2.26. The lowest BCUT2D eigenvalue weighted by Gasteiger charge is -2.29. The average molecular weight is 196 g/mol. The van der Waals surface area contributed by atoms with Crippen molar-refractivity contribution in [3.63, 3.8) is 0 Å². The van der Waals surface area contributed by atoms with Crippen molar-refractivity contribution in [1.29, 1.82) is 0 Å². The van der Waals surface area contributed by atoms with Crippen molar-refractivity contribution < 1.29 is 9.90 Å². The van der Waals surface area contributed by atoms with Gasteiger partial charge in [-0.05, 0) is 12.1 Å². The van der Waals surface area contributed by atoms with Crippen LogP contribution in [0.2, 0.25) is 0 Å². The van der Waals surface area contributed by atoms with E-state index >= 15 is 0 Å². The van der Waals surface area contributed by atoms with Gasteiger partial charge in [-0.1, -0.05) is 13.8 Å². The Labute approximate surface area is 83.3 Å². The summed E-state index contributed by atoms with van der Waals surface area (Å²) in [4.78, 5) is 10.8. The summed E-state index contributed by atoms with van der Waals surface area (Å²) >= 11 is 0. The van der Waals surface area contributed by atoms with Crippen LogP contribution < -0.4 is 5.73 Å². The van der Waals surface area contributed by atoms with Crippen LogP contribution in [0.1, 0.15) is 19.5 Å². The Morgan fingerprint density at radius 3 is 2.57 bits per heavy atom. The summed E-state index contributed by atoms with van der Waals surface area (Å²) in [5, 5.41) is 8.87. The van der Waals surface area contributed by atoms with E-state index in [0.717, 1.165) is 5.69 Å². The van der Waals surface area contributed by atoms with Crippen LogP contribution in [0.25, 0.3) is 0 Å². The fourth-order valence-corrected chi connectivity index (χ4v) is 1.60. The SMILES string of the molecule is Cn1cccc1C(C)(C)C(N)C(=O)O. The van der Waals surface area contributed by atoms with Gasteiger partial charge in [0.2, 0.25) is 0 Å². The normalized spacial score (nSPS) is 14.0. The quantitative estimate of drug-likeness (QED) is 0.748. The maximum Gasteiger partial charge on any atom is 0.321 e. The molecular weight excluding hydrogens is 180 g/mol. The fraction of sp³-hybridized carbons (Fsp3) is 0.500. The zero-order valence-corrected chi connectivity index (χ0v) is 8.69. The van der Waals surface area contributed by atoms with Crippen LogP contribution in [-0.4, -0.2) is 21.7 Å². The second-order valence-corrected chi connectivity index (χ2v) is 4.04. The molecule has 0 aromatic carbocycles. The minimum Gasteiger partial charge on any atom is -0.480 e. The van der Waals surface area contributed by atoms with E-state index in [4.69, 9.17) is 10.8 Å². The molecule has 0 fully saturated rings. The van der Waals surface area contributed by atoms with Gasteiger partial charge in [0.05, 0.1) is 0 Å². The molecule has 1 unspecified atom stereocenters. The molecule has 4 nitrogen and oxygen atoms in total. The summed E-state index contributed by atoms with van der Waals surface area (Å²) in [6.07, 6.45) is 1.88. The first-order valence-electron chi connectivity index (χ1n) is 4.47. The first kappa shape index (κ1) is 10.8. The lowest BCUT2D eigenvalue weighted by Crippen LogP contribution is -2.47. The number of nitrogens with two attached hydrogens (primary N) is 1. The molecule has 0 aliphatic heterocycles. The zero-order chi connectivity index (χ0) is 10.9. The van der Waals surface area contributed by atoms with Crippen molar-refractivity contribution in [2.45, 2.75) is 25.3 Å². The van der Waals surface area contributed by atoms with E-state index in [0.29, 0.717) is 0 Å². The maximum atomic E-state index is 10.8. The van der Waals surface area contributed by atoms with Crippen LogP contribution in [0.5, 0.6) is 0 Å². The zero-order valence-electron chi connectivity index (χ0n) is 8.69. The van der Waals surface area contributed by atoms with E-state index in [-0.39, 0.29) is 0 Å². The molecule has 1 aromatic rings. The van der Waals surface area contributed by atoms with Crippen LogP contribution in [0.15, 0.2) is 18.3 Å². The number of hydrogen-bond donors (Lipinski definition) is 2. The standard InChI is InChI=1S/C10H16N2O2/c1-10(2,8(11)9(13)14)7-5-4-6-12(7)3/h4-6,8H,11H2,1-3H3,(H,13,14). The Kier molecular flexibility index (Phi) is 2.66. The van der Waals surface area contributed by atoms with E-state index in [1.54, 1.807) is 0 Å². The molecule has 78 valence electrons. The van der Waals surface area contributed by atoms with Gasteiger partial charge in [0.25, 0.3) is 0 Å². The van der Waals surface area contributed by atoms with E-state index in [9.17, 15) is 4.79 Å². The van der Waals surface area contributed by atoms with Crippen LogP contribution in [0.3, 0.4) is 0 Å². The van der Waals surface area contributed by atoms with Crippen molar-refractivity contribution in [3.8, 4) is 0 Å². The van der Waals surface area contributed by atoms with Crippen LogP contribution in [0.4, 0.5) is 0 Å². The first-order valence-corrected chi connectivity index (χ1v) is 4.47. The molecule has 1 heterocycles. The van der Waals surface area contributed by atoms with Gasteiger partial charge in [0.1, 0.15) is 6.04 Å². The van der Waals surface area contributed by atoms with E-state index in [1.807, 2.05) is 43.8 Å². The molecule has 0 amide bonds. The largest absolute Gasteiger partial charge is 0.480 e. The van der Waals surface area contributed by atoms with Crippen LogP contribution in [-0.2, 0) is 17.3 Å². The third kappa shape index (κ3) is 1.65. The van der Waals surface area contributed by atoms with Crippen LogP contribution >= 0.6 is 0 Å². The van der Waals surface area contributed by atoms with Crippen LogP contribution in [0, 0.1) is 0 Å². The Morgan fingerprint density at radius 2 is 2.21 bits per heavy atom. The minimum atomic E-state index is -0.976. The first-order chi connectivity index (χ1) is 6.37. The van der Waals surface area contributed by atoms with Crippen molar-refractivity contribution in [1.82, 2.24) is 4.57 Å². The summed E-state index contributed by atoms with van der Waals surface area (Å²) in [6.45, 7) is 3.67. The Balaban J connectivity index is 3.07. The summed E-state index contributed by atoms with van der Waals surface area (Å²) in [5.74, 6) is -0.976. The fourth-order valence-electron chi connectivity index (χ4n) is 1.60. The second-order valence-electron chi connectivity index (χ2n) is 4.04. The maximum absolute atomic E-state index is 10.8. The second kappa shape index (κ2) is 3.46. The summed E-state index contributed by atoms with van der Waals surface area (Å²) in [5.41, 5.74) is 6.00. The summed E-state index contributed by atoms with van der Waals surface area (Å²) in [6, 6.07) is 2.88. The molecule has 0 aliphatic rings. The molecule has 0 saturated carbocycles. The monoisotopic (exact) mass is 196 g/mol. The van der Waals surface area contributed by atoms with Gasteiger partial charge in [-0.25, -0.2) is 0 Å². The predicted octanol–water partition coefficient (Wildman–Crippen LogP) is 0.715. The van der Waals surface area contributed by atoms with Crippen molar-refractivity contribution in [2.24, 2.45) is 12.8 Å². The lowest BCUT2D eigenvalue weighted by atomic mass is 9.81. The third-order valence-electron chi connectivity index (χ3n) is 2.65. The Hall–Kier alpha value is -1.29. The average Bonchev–Trinajstić information content (AvgIpc) is 2.50. The predicted molar refractivity (Wildman–Crippen MR) is 54.1 cm³/mol. The number of carboxylic acid groups (broad SMARTS) is 1. The summed E-state index contributed by atoms with van der Waals surface area (Å²) < 4.78 is 1.89. The molecule has 3 N–H and O–H groups in total. The Bertz CT molecular complexity index is 342. The number of aromatic nitrogens is 1. The molecule has 0 spiro atoms. The van der Waals surface area contributed by atoms with E-state index in [2.05, 4.69) is 0 Å². The topological polar surface area (TPSA) is 68.2 Å². The highest BCUT2D eigenvalue weighted by molar-refractivity contribution is 5.75. The Morgan fingerprint density at radius 1 is 1.64 bits per heavy atom. The third-order valence-corrected chi connectivity index (χ3v) is 2.65. The van der Waals surface area contributed by atoms with Gasteiger partial charge < -0.3 is 15.4 Å². The van der Waals surface area contributed by atoms with Crippen molar-refractivity contribution >= 4 is 5.97 Å². The lowest BCUT2D eigenvalue weighted by molar-refractivity contribution is -0.140. The number of hydrogen-bond acceptors (Lipinski definition) is 2. The minimum absolute atomic E-state index is 0.565. The molecule has 1 rings (SSSR count). The number of carbonyl (C=O) groups is 1. The molecule has 0 saturated heterocycles. The van der Waals surface area contributed by atoms with Gasteiger partial charge in [0, 0.05) is 24.4 Å². The van der Waals surface area contributed by atoms with Gasteiger partial charge >= 0.3 is 5.97 Å². The smallest absolute Gasteiger partial charge is 0.321 e. The van der Waals surface area contributed by atoms with Crippen molar-refractivity contribution in [3.05, 3.63) is 24.0 Å². The number of aliphatic carboxylic acids is 1. The van der Waals surface area contributed by atoms with E-state index in [1.165, 1.54) is 0 Å². The molecule has 0 bridgehead atoms. The van der Waals surface area contributed by atoms with Gasteiger partial charge in [-0.15, -0.1) is 0 Å². The molecule has 0 aliphatic carbocycles. The number of carboxylic acids is 1. The molecule has 1 atom stereocenters. The van der Waals surface area contributed by atoms with Gasteiger partial charge in [-0.2, -0.15) is 0 Å². The highest BCUT2D eigenvalue weighted by atomic mass is 16.4. The number of nitrogens with zero attached hydrogens (tertiary/aromatic N) is 1. The van der Waals surface area contributed by atoms with Gasteiger partial charge in [-0.3, -0.25) is 4.79 Å². The summed E-state index contributed by atoms with van der Waals surface area (Å²) in [7, 11) is 1.88. The van der Waals surface area contributed by atoms with Gasteiger partial charge in [0.15, 0.2) is 0 Å². The molecule has 4 heteroatoms. The number of aryl methyl sites for hydroxylation is 1. The molecule has 14 heavy (non-hydrogen) atoms. The molecule has 0 radical (unpaired) electrons. The molecule has 1 aromatic heterocycles. The van der Waals surface area contributed by atoms with Crippen molar-refractivity contribution in [2.75, 3.05) is 0 Å². The molecular formula is C10H16N2O2. The highest BCUT2D eigenvalue weighted by Gasteiger charge is 2.35.